The van der Waals surface area contributed by atoms with E-state index in [-0.39, 0.29) is 57.3 Å². The van der Waals surface area contributed by atoms with Crippen LogP contribution in [0.1, 0.15) is 84.5 Å². The van der Waals surface area contributed by atoms with Crippen molar-refractivity contribution in [2.45, 2.75) is 78.6 Å². The molecular formula is C66H61N3O. The number of aromatic nitrogens is 3. The van der Waals surface area contributed by atoms with Gasteiger partial charge in [0.05, 0.1) is 33.5 Å². The van der Waals surface area contributed by atoms with E-state index in [1.54, 1.807) is 24.4 Å². The third-order valence-corrected chi connectivity index (χ3v) is 13.2. The number of fused-ring (bicyclic) bond motifs is 1. The molecule has 2 aromatic heterocycles. The normalized spacial score (nSPS) is 12.9. The summed E-state index contributed by atoms with van der Waals surface area (Å²) in [7, 11) is 0. The summed E-state index contributed by atoms with van der Waals surface area (Å²) in [6, 6.07) is 56.7. The minimum absolute atomic E-state index is 0.0966. The number of rotatable bonds is 8. The third kappa shape index (κ3) is 8.98. The average molecular weight is 916 g/mol. The summed E-state index contributed by atoms with van der Waals surface area (Å²) in [5, 5.41) is 12.6. The summed E-state index contributed by atoms with van der Waals surface area (Å²) in [6.45, 7) is 19.8. The minimum Gasteiger partial charge on any atom is -0.507 e. The Bertz CT molecular complexity index is 3740. The van der Waals surface area contributed by atoms with Gasteiger partial charge in [0.1, 0.15) is 11.6 Å². The van der Waals surface area contributed by atoms with Crippen molar-refractivity contribution in [3.63, 3.8) is 0 Å². The Morgan fingerprint density at radius 1 is 0.429 bits per heavy atom. The maximum Gasteiger partial charge on any atom is 0.149 e. The number of hydrogen-bond donors (Lipinski definition) is 1. The van der Waals surface area contributed by atoms with Crippen LogP contribution >= 0.6 is 0 Å². The number of benzene rings is 8. The molecule has 0 radical (unpaired) electrons. The smallest absolute Gasteiger partial charge is 0.149 e. The summed E-state index contributed by atoms with van der Waals surface area (Å²) < 4.78 is 38.8. The van der Waals surface area contributed by atoms with E-state index in [4.69, 9.17) is 12.7 Å². The summed E-state index contributed by atoms with van der Waals surface area (Å²) in [4.78, 5) is 10.6. The molecule has 10 aromatic rings. The fraction of sp³-hybridized carbons (Fsp3) is 0.182. The summed E-state index contributed by atoms with van der Waals surface area (Å²) >= 11 is 0. The number of imidazole rings is 1. The second-order valence-electron chi connectivity index (χ2n) is 21.4. The zero-order valence-corrected chi connectivity index (χ0v) is 41.5. The molecule has 1 N–H and O–H groups in total. The number of nitrogens with zero attached hydrogens (tertiary/aromatic N) is 3. The lowest BCUT2D eigenvalue weighted by Gasteiger charge is -2.28. The Morgan fingerprint density at radius 3 is 1.57 bits per heavy atom. The highest BCUT2D eigenvalue weighted by Crippen LogP contribution is 2.46. The van der Waals surface area contributed by atoms with Crippen LogP contribution in [0.4, 0.5) is 0 Å². The van der Waals surface area contributed by atoms with Gasteiger partial charge in [-0.1, -0.05) is 202 Å². The van der Waals surface area contributed by atoms with Crippen LogP contribution in [0.25, 0.3) is 95.0 Å². The van der Waals surface area contributed by atoms with E-state index in [9.17, 15) is 7.85 Å². The lowest BCUT2D eigenvalue weighted by Crippen LogP contribution is -2.18. The van der Waals surface area contributed by atoms with Crippen molar-refractivity contribution in [2.75, 3.05) is 0 Å². The molecule has 0 bridgehead atoms. The van der Waals surface area contributed by atoms with E-state index in [1.807, 2.05) is 48.5 Å². The van der Waals surface area contributed by atoms with E-state index >= 15 is 0 Å². The van der Waals surface area contributed by atoms with Crippen molar-refractivity contribution in [1.29, 1.82) is 0 Å². The molecule has 0 amide bonds. The Hall–Kier alpha value is -7.82. The molecule has 0 spiro atoms. The van der Waals surface area contributed by atoms with E-state index in [0.717, 1.165) is 72.4 Å². The molecule has 2 heterocycles. The summed E-state index contributed by atoms with van der Waals surface area (Å²) in [5.41, 5.74) is 14.5. The van der Waals surface area contributed by atoms with Gasteiger partial charge in [-0.05, 0) is 132 Å². The molecule has 0 saturated carbocycles. The standard InChI is InChI=1S/C66H61N3O/c1-64(2,3)53-41-55(62(70)57(42-53)66(7,8)9)63-68-61-54(26-19-27-60(61)69(63)59-33-32-48(39-56(59)65(4,5)6)44-22-15-11-16-23-44)51-36-50(45-24-17-12-18-25-45)37-52(38-51)58-40-49(34-35-67-58)47-30-28-46(29-31-47)43-20-13-10-14-21-43/h10-42,70H,1-9H3/i28D,29D,30D,31D. The van der Waals surface area contributed by atoms with Crippen LogP contribution in [-0.4, -0.2) is 19.6 Å². The topological polar surface area (TPSA) is 50.9 Å². The highest BCUT2D eigenvalue weighted by atomic mass is 16.3. The molecule has 0 aliphatic heterocycles. The van der Waals surface area contributed by atoms with Gasteiger partial charge in [-0.2, -0.15) is 0 Å². The van der Waals surface area contributed by atoms with Gasteiger partial charge in [-0.15, -0.1) is 0 Å². The molecule has 0 unspecified atom stereocenters. The van der Waals surface area contributed by atoms with Gasteiger partial charge >= 0.3 is 0 Å². The molecule has 8 aromatic carbocycles. The molecule has 10 rings (SSSR count). The summed E-state index contributed by atoms with van der Waals surface area (Å²) in [6.07, 6.45) is 1.67. The maximum absolute atomic E-state index is 12.6. The number of hydrogen-bond acceptors (Lipinski definition) is 3. The molecular weight excluding hydrogens is 851 g/mol. The third-order valence-electron chi connectivity index (χ3n) is 13.2. The van der Waals surface area contributed by atoms with Gasteiger partial charge in [0.15, 0.2) is 0 Å². The van der Waals surface area contributed by atoms with Gasteiger partial charge in [0, 0.05) is 22.9 Å². The first-order chi connectivity index (χ1) is 35.2. The van der Waals surface area contributed by atoms with Gasteiger partial charge in [0.2, 0.25) is 0 Å². The predicted octanol–water partition coefficient (Wildman–Crippen LogP) is 17.7. The van der Waals surface area contributed by atoms with Gasteiger partial charge in [-0.25, -0.2) is 4.98 Å². The van der Waals surface area contributed by atoms with E-state index in [0.29, 0.717) is 28.2 Å². The Balaban J connectivity index is 1.23. The lowest BCUT2D eigenvalue weighted by molar-refractivity contribution is 0.446. The van der Waals surface area contributed by atoms with Crippen LogP contribution in [0, 0.1) is 0 Å². The van der Waals surface area contributed by atoms with Crippen molar-refractivity contribution in [2.24, 2.45) is 0 Å². The largest absolute Gasteiger partial charge is 0.507 e. The number of para-hydroxylation sites is 1. The van der Waals surface area contributed by atoms with Crippen molar-refractivity contribution < 1.29 is 10.6 Å². The second kappa shape index (κ2) is 17.9. The van der Waals surface area contributed by atoms with Crippen molar-refractivity contribution in [3.8, 4) is 89.7 Å². The summed E-state index contributed by atoms with van der Waals surface area (Å²) in [5.74, 6) is 0.837. The monoisotopic (exact) mass is 916 g/mol. The van der Waals surface area contributed by atoms with Crippen molar-refractivity contribution in [1.82, 2.24) is 14.5 Å². The van der Waals surface area contributed by atoms with Crippen molar-refractivity contribution in [3.05, 3.63) is 217 Å². The SMILES string of the molecule is [2H]c1c([2H])c(-c2ccnc(-c3cc(-c4ccccc4)cc(-c4cccc5c4nc(-c4cc(C(C)(C)C)cc(C(C)(C)C)c4O)n5-c4ccc(-c5ccccc5)cc4C(C)(C)C)c3)c2)c([2H])c([2H])c1-c1ccccc1. The van der Waals surface area contributed by atoms with Crippen LogP contribution in [0.15, 0.2) is 200 Å². The quantitative estimate of drug-likeness (QED) is 0.165. The number of aromatic hydroxyl groups is 1. The highest BCUT2D eigenvalue weighted by Gasteiger charge is 2.30. The minimum atomic E-state index is -0.376. The first-order valence-corrected chi connectivity index (χ1v) is 24.1. The zero-order valence-electron chi connectivity index (χ0n) is 45.5. The molecule has 0 saturated heterocycles. The van der Waals surface area contributed by atoms with E-state index in [2.05, 4.69) is 170 Å². The number of phenols is 1. The zero-order chi connectivity index (χ0) is 52.4. The van der Waals surface area contributed by atoms with Crippen molar-refractivity contribution >= 4 is 11.0 Å². The van der Waals surface area contributed by atoms with E-state index in [1.165, 1.54) is 0 Å². The molecule has 0 aliphatic carbocycles. The Labute approximate surface area is 419 Å². The molecule has 0 atom stereocenters. The molecule has 0 aliphatic rings. The van der Waals surface area contributed by atoms with Crippen LogP contribution in [-0.2, 0) is 16.2 Å². The average Bonchev–Trinajstić information content (AvgIpc) is 3.78. The highest BCUT2D eigenvalue weighted by molar-refractivity contribution is 5.98. The van der Waals surface area contributed by atoms with Gasteiger partial charge < -0.3 is 5.11 Å². The number of pyridine rings is 1. The number of phenolic OH excluding ortho intramolecular Hbond substituents is 1. The Kier molecular flexibility index (Phi) is 10.5. The van der Waals surface area contributed by atoms with Gasteiger partial charge in [-0.3, -0.25) is 9.55 Å². The molecule has 4 heteroatoms. The fourth-order valence-electron chi connectivity index (χ4n) is 9.39. The maximum atomic E-state index is 12.6. The molecule has 4 nitrogen and oxygen atoms in total. The fourth-order valence-corrected chi connectivity index (χ4v) is 9.39. The van der Waals surface area contributed by atoms with Crippen LogP contribution < -0.4 is 0 Å². The lowest BCUT2D eigenvalue weighted by atomic mass is 9.78. The molecule has 70 heavy (non-hydrogen) atoms. The van der Waals surface area contributed by atoms with E-state index < -0.39 is 0 Å². The first kappa shape index (κ1) is 41.2. The van der Waals surface area contributed by atoms with Gasteiger partial charge in [0.25, 0.3) is 0 Å². The Morgan fingerprint density at radius 2 is 0.971 bits per heavy atom. The predicted molar refractivity (Wildman–Crippen MR) is 295 cm³/mol. The molecule has 0 fully saturated rings. The first-order valence-electron chi connectivity index (χ1n) is 26.1. The van der Waals surface area contributed by atoms with Crippen LogP contribution in [0.2, 0.25) is 0 Å². The van der Waals surface area contributed by atoms with Crippen LogP contribution in [0.3, 0.4) is 0 Å². The second-order valence-corrected chi connectivity index (χ2v) is 21.4. The van der Waals surface area contributed by atoms with Crippen LogP contribution in [0.5, 0.6) is 5.75 Å². The molecule has 346 valence electrons.